The Balaban J connectivity index is 1.66. The average molecular weight is 489 g/mol. The first kappa shape index (κ1) is 26.8. The quantitative estimate of drug-likeness (QED) is 0.277. The third-order valence-electron chi connectivity index (χ3n) is 8.10. The number of ether oxygens (including phenoxy) is 2. The molecule has 2 nitrogen and oxygen atoms in total. The highest BCUT2D eigenvalue weighted by atomic mass is 16.5. The zero-order valence-corrected chi connectivity index (χ0v) is 23.8. The Morgan fingerprint density at radius 2 is 1.00 bits per heavy atom. The maximum absolute atomic E-state index is 6.23. The van der Waals surface area contributed by atoms with Crippen LogP contribution < -0.4 is 9.47 Å². The molecule has 0 amide bonds. The largest absolute Gasteiger partial charge is 0.494 e. The van der Waals surface area contributed by atoms with E-state index in [9.17, 15) is 0 Å². The summed E-state index contributed by atoms with van der Waals surface area (Å²) in [5.74, 6) is 2.03. The van der Waals surface area contributed by atoms with Crippen LogP contribution in [0.15, 0.2) is 36.4 Å². The summed E-state index contributed by atoms with van der Waals surface area (Å²) in [6.07, 6.45) is 12.0. The summed E-state index contributed by atoms with van der Waals surface area (Å²) in [5, 5.41) is 0. The fraction of sp³-hybridized carbons (Fsp3) is 0.588. The van der Waals surface area contributed by atoms with Crippen molar-refractivity contribution < 1.29 is 9.47 Å². The molecule has 0 fully saturated rings. The first-order valence-corrected chi connectivity index (χ1v) is 14.5. The van der Waals surface area contributed by atoms with Gasteiger partial charge in [0.25, 0.3) is 0 Å². The van der Waals surface area contributed by atoms with Gasteiger partial charge in [0.2, 0.25) is 0 Å². The van der Waals surface area contributed by atoms with Crippen molar-refractivity contribution in [1.82, 2.24) is 0 Å². The van der Waals surface area contributed by atoms with Gasteiger partial charge in [-0.1, -0.05) is 92.2 Å². The average Bonchev–Trinajstić information content (AvgIpc) is 3.24. The lowest BCUT2D eigenvalue weighted by atomic mass is 9.74. The van der Waals surface area contributed by atoms with Crippen LogP contribution in [-0.4, -0.2) is 13.2 Å². The van der Waals surface area contributed by atoms with E-state index in [-0.39, 0.29) is 10.8 Å². The monoisotopic (exact) mass is 488 g/mol. The lowest BCUT2D eigenvalue weighted by Crippen LogP contribution is -2.17. The van der Waals surface area contributed by atoms with Gasteiger partial charge in [-0.2, -0.15) is 0 Å². The van der Waals surface area contributed by atoms with Crippen LogP contribution in [0.4, 0.5) is 0 Å². The number of allylic oxidation sites excluding steroid dienone is 2. The molecule has 0 radical (unpaired) electrons. The topological polar surface area (TPSA) is 18.5 Å². The second kappa shape index (κ2) is 11.4. The van der Waals surface area contributed by atoms with Gasteiger partial charge in [0.1, 0.15) is 11.5 Å². The molecule has 2 aromatic rings. The van der Waals surface area contributed by atoms with Gasteiger partial charge < -0.3 is 9.47 Å². The summed E-state index contributed by atoms with van der Waals surface area (Å²) in [6.45, 7) is 15.8. The molecule has 0 unspecified atom stereocenters. The third kappa shape index (κ3) is 5.84. The van der Waals surface area contributed by atoms with E-state index < -0.39 is 0 Å². The molecule has 0 aliphatic heterocycles. The molecule has 0 spiro atoms. The van der Waals surface area contributed by atoms with Crippen LogP contribution in [0.1, 0.15) is 115 Å². The molecule has 2 heteroatoms. The van der Waals surface area contributed by atoms with E-state index in [2.05, 4.69) is 77.9 Å². The van der Waals surface area contributed by atoms with Crippen LogP contribution in [0, 0.1) is 10.8 Å². The summed E-state index contributed by atoms with van der Waals surface area (Å²) in [6, 6.07) is 13.6. The molecule has 36 heavy (non-hydrogen) atoms. The Labute approximate surface area is 220 Å². The highest BCUT2D eigenvalue weighted by Gasteiger charge is 2.43. The van der Waals surface area contributed by atoms with Gasteiger partial charge in [-0.15, -0.1) is 0 Å². The number of rotatable bonds is 12. The van der Waals surface area contributed by atoms with E-state index in [0.29, 0.717) is 0 Å². The molecule has 0 atom stereocenters. The summed E-state index contributed by atoms with van der Waals surface area (Å²) >= 11 is 0. The van der Waals surface area contributed by atoms with Gasteiger partial charge in [-0.3, -0.25) is 0 Å². The highest BCUT2D eigenvalue weighted by Crippen LogP contribution is 2.58. The molecular formula is C34H48O2. The van der Waals surface area contributed by atoms with E-state index in [1.807, 2.05) is 0 Å². The Bertz CT molecular complexity index is 987. The third-order valence-corrected chi connectivity index (χ3v) is 8.10. The summed E-state index contributed by atoms with van der Waals surface area (Å²) < 4.78 is 12.5. The first-order chi connectivity index (χ1) is 17.3. The van der Waals surface area contributed by atoms with Crippen LogP contribution in [-0.2, 0) is 12.8 Å². The molecule has 196 valence electrons. The molecule has 4 rings (SSSR count). The molecule has 0 saturated heterocycles. The number of benzene rings is 2. The lowest BCUT2D eigenvalue weighted by Gasteiger charge is -2.30. The van der Waals surface area contributed by atoms with Gasteiger partial charge in [-0.25, -0.2) is 0 Å². The highest BCUT2D eigenvalue weighted by molar-refractivity contribution is 6.00. The van der Waals surface area contributed by atoms with Gasteiger partial charge in [0.15, 0.2) is 0 Å². The van der Waals surface area contributed by atoms with E-state index in [1.165, 1.54) is 71.9 Å². The first-order valence-electron chi connectivity index (χ1n) is 14.5. The van der Waals surface area contributed by atoms with Crippen molar-refractivity contribution >= 4 is 11.1 Å². The fourth-order valence-electron chi connectivity index (χ4n) is 6.31. The van der Waals surface area contributed by atoms with Gasteiger partial charge in [-0.05, 0) is 94.2 Å². The smallest absolute Gasteiger partial charge is 0.119 e. The Morgan fingerprint density at radius 3 is 1.39 bits per heavy atom. The number of fused-ring (bicyclic) bond motifs is 2. The Morgan fingerprint density at radius 1 is 0.583 bits per heavy atom. The second-order valence-corrected chi connectivity index (χ2v) is 12.3. The number of hydrogen-bond donors (Lipinski definition) is 0. The maximum Gasteiger partial charge on any atom is 0.119 e. The van der Waals surface area contributed by atoms with Crippen molar-refractivity contribution in [2.75, 3.05) is 13.2 Å². The Hall–Kier alpha value is -2.22. The van der Waals surface area contributed by atoms with E-state index in [0.717, 1.165) is 50.4 Å². The predicted octanol–water partition coefficient (Wildman–Crippen LogP) is 9.68. The minimum absolute atomic E-state index is 0.0906. The van der Waals surface area contributed by atoms with Crippen molar-refractivity contribution in [3.63, 3.8) is 0 Å². The predicted molar refractivity (Wildman–Crippen MR) is 154 cm³/mol. The maximum atomic E-state index is 6.23. The van der Waals surface area contributed by atoms with Gasteiger partial charge in [0, 0.05) is 0 Å². The molecule has 0 N–H and O–H groups in total. The van der Waals surface area contributed by atoms with E-state index in [4.69, 9.17) is 9.47 Å². The number of unbranched alkanes of at least 4 members (excludes halogenated alkanes) is 6. The molecule has 2 aromatic carbocycles. The van der Waals surface area contributed by atoms with E-state index >= 15 is 0 Å². The van der Waals surface area contributed by atoms with Crippen LogP contribution in [0.25, 0.3) is 11.1 Å². The zero-order chi connectivity index (χ0) is 25.8. The minimum Gasteiger partial charge on any atom is -0.494 e. The molecule has 0 bridgehead atoms. The van der Waals surface area contributed by atoms with Gasteiger partial charge >= 0.3 is 0 Å². The lowest BCUT2D eigenvalue weighted by molar-refractivity contribution is 0.305. The fourth-order valence-corrected chi connectivity index (χ4v) is 6.31. The minimum atomic E-state index is 0.0906. The molecule has 0 heterocycles. The molecular weight excluding hydrogens is 440 g/mol. The molecule has 0 saturated carbocycles. The van der Waals surface area contributed by atoms with Crippen molar-refractivity contribution in [2.45, 2.75) is 106 Å². The standard InChI is InChI=1S/C34H48O2/c1-7-9-11-13-19-35-27-17-15-25-23-33(3,4)31(29(25)21-27)32-30-22-28(36-20-14-12-10-8-2)18-16-26(30)24-34(32,5)6/h15-18,21-22H,7-14,19-20,23-24H2,1-6H3/b32-31+. The van der Waals surface area contributed by atoms with Crippen molar-refractivity contribution in [3.8, 4) is 11.5 Å². The van der Waals surface area contributed by atoms with Crippen LogP contribution in [0.2, 0.25) is 0 Å². The molecule has 0 aromatic heterocycles. The van der Waals surface area contributed by atoms with Crippen LogP contribution in [0.5, 0.6) is 11.5 Å². The second-order valence-electron chi connectivity index (χ2n) is 12.3. The summed E-state index contributed by atoms with van der Waals surface area (Å²) in [5.41, 5.74) is 8.90. The van der Waals surface area contributed by atoms with Crippen molar-refractivity contribution in [2.24, 2.45) is 10.8 Å². The molecule has 2 aliphatic carbocycles. The van der Waals surface area contributed by atoms with Crippen LogP contribution in [0.3, 0.4) is 0 Å². The Kier molecular flexibility index (Phi) is 8.53. The zero-order valence-electron chi connectivity index (χ0n) is 23.8. The molecule has 2 aliphatic rings. The normalized spacial score (nSPS) is 19.3. The van der Waals surface area contributed by atoms with Crippen LogP contribution >= 0.6 is 0 Å². The van der Waals surface area contributed by atoms with Crippen molar-refractivity contribution in [1.29, 1.82) is 0 Å². The SMILES string of the molecule is CCCCCCOc1ccc2c(c1)/C(=C1/c3cc(OCCCCCC)ccc3CC1(C)C)C(C)(C)C2. The van der Waals surface area contributed by atoms with Gasteiger partial charge in [0.05, 0.1) is 13.2 Å². The van der Waals surface area contributed by atoms with E-state index in [1.54, 1.807) is 0 Å². The number of hydrogen-bond acceptors (Lipinski definition) is 2. The summed E-state index contributed by atoms with van der Waals surface area (Å²) in [7, 11) is 0. The summed E-state index contributed by atoms with van der Waals surface area (Å²) in [4.78, 5) is 0. The van der Waals surface area contributed by atoms with Crippen molar-refractivity contribution in [3.05, 3.63) is 58.7 Å².